The lowest BCUT2D eigenvalue weighted by molar-refractivity contribution is 0.735. The molecule has 1 aliphatic carbocycles. The molecule has 0 radical (unpaired) electrons. The standard InChI is InChI=1S/C36H27N/c1-3-14-27(15-4-1)36(28-16-5-2-6-17-28,34-25-37-35-22-12-10-20-32(34)35)33-21-11-9-19-31(33)30-24-23-26-13-7-8-18-29(26)30/h1-25,30,37H. The first kappa shape index (κ1) is 21.6. The van der Waals surface area contributed by atoms with Gasteiger partial charge in [-0.25, -0.2) is 0 Å². The number of hydrogen-bond donors (Lipinski definition) is 1. The summed E-state index contributed by atoms with van der Waals surface area (Å²) in [6, 6.07) is 48.5. The largest absolute Gasteiger partial charge is 0.361 e. The molecule has 0 amide bonds. The first-order valence-electron chi connectivity index (χ1n) is 12.9. The molecule has 1 aromatic heterocycles. The van der Waals surface area contributed by atoms with Gasteiger partial charge in [-0.05, 0) is 45.0 Å². The van der Waals surface area contributed by atoms with Gasteiger partial charge in [-0.1, -0.05) is 140 Å². The second-order valence-electron chi connectivity index (χ2n) is 9.78. The predicted molar refractivity (Wildman–Crippen MR) is 154 cm³/mol. The molecule has 1 unspecified atom stereocenters. The zero-order valence-corrected chi connectivity index (χ0v) is 20.5. The third kappa shape index (κ3) is 3.32. The van der Waals surface area contributed by atoms with Crippen LogP contribution in [-0.2, 0) is 5.41 Å². The third-order valence-electron chi connectivity index (χ3n) is 7.91. The molecule has 0 saturated carbocycles. The van der Waals surface area contributed by atoms with Crippen molar-refractivity contribution in [1.29, 1.82) is 0 Å². The van der Waals surface area contributed by atoms with Crippen LogP contribution in [0.3, 0.4) is 0 Å². The molecule has 37 heavy (non-hydrogen) atoms. The van der Waals surface area contributed by atoms with Gasteiger partial charge in [-0.3, -0.25) is 0 Å². The van der Waals surface area contributed by atoms with Crippen molar-refractivity contribution in [3.05, 3.63) is 185 Å². The van der Waals surface area contributed by atoms with Crippen LogP contribution >= 0.6 is 0 Å². The molecule has 1 atom stereocenters. The summed E-state index contributed by atoms with van der Waals surface area (Å²) in [4.78, 5) is 3.59. The molecule has 6 aromatic rings. The third-order valence-corrected chi connectivity index (χ3v) is 7.91. The Kier molecular flexibility index (Phi) is 5.15. The van der Waals surface area contributed by atoms with Crippen LogP contribution in [0.15, 0.2) is 146 Å². The van der Waals surface area contributed by atoms with Crippen LogP contribution in [0.25, 0.3) is 17.0 Å². The molecule has 1 nitrogen and oxygen atoms in total. The van der Waals surface area contributed by atoms with Crippen LogP contribution in [0, 0.1) is 0 Å². The fourth-order valence-electron chi connectivity index (χ4n) is 6.32. The molecule has 1 heterocycles. The number of rotatable bonds is 5. The molecule has 0 fully saturated rings. The lowest BCUT2D eigenvalue weighted by Gasteiger charge is -2.38. The molecule has 0 bridgehead atoms. The van der Waals surface area contributed by atoms with Crippen molar-refractivity contribution in [2.45, 2.75) is 11.3 Å². The van der Waals surface area contributed by atoms with Crippen molar-refractivity contribution in [1.82, 2.24) is 4.98 Å². The van der Waals surface area contributed by atoms with E-state index in [1.54, 1.807) is 0 Å². The smallest absolute Gasteiger partial charge is 0.0725 e. The maximum atomic E-state index is 3.59. The maximum absolute atomic E-state index is 3.59. The lowest BCUT2D eigenvalue weighted by Crippen LogP contribution is -2.32. The van der Waals surface area contributed by atoms with E-state index >= 15 is 0 Å². The number of aromatic amines is 1. The molecule has 1 aliphatic rings. The van der Waals surface area contributed by atoms with E-state index in [1.165, 1.54) is 44.3 Å². The number of H-pyrrole nitrogens is 1. The van der Waals surface area contributed by atoms with Gasteiger partial charge in [0.25, 0.3) is 0 Å². The van der Waals surface area contributed by atoms with Crippen molar-refractivity contribution in [3.63, 3.8) is 0 Å². The van der Waals surface area contributed by atoms with E-state index in [1.807, 2.05) is 0 Å². The van der Waals surface area contributed by atoms with Gasteiger partial charge in [0.1, 0.15) is 0 Å². The average molecular weight is 474 g/mol. The summed E-state index contributed by atoms with van der Waals surface area (Å²) in [6.45, 7) is 0. The predicted octanol–water partition coefficient (Wildman–Crippen LogP) is 8.71. The van der Waals surface area contributed by atoms with Gasteiger partial charge in [0.15, 0.2) is 0 Å². The highest BCUT2D eigenvalue weighted by atomic mass is 14.7. The number of benzene rings is 5. The minimum Gasteiger partial charge on any atom is -0.361 e. The van der Waals surface area contributed by atoms with Crippen molar-refractivity contribution < 1.29 is 0 Å². The second kappa shape index (κ2) is 8.80. The maximum Gasteiger partial charge on any atom is 0.0725 e. The van der Waals surface area contributed by atoms with Gasteiger partial charge in [-0.2, -0.15) is 0 Å². The Hall–Kier alpha value is -4.62. The van der Waals surface area contributed by atoms with Gasteiger partial charge in [0, 0.05) is 23.0 Å². The molecule has 1 N–H and O–H groups in total. The molecule has 0 aliphatic heterocycles. The molecular weight excluding hydrogens is 446 g/mol. The van der Waals surface area contributed by atoms with Crippen LogP contribution < -0.4 is 0 Å². The minimum absolute atomic E-state index is 0.199. The van der Waals surface area contributed by atoms with E-state index in [0.29, 0.717) is 0 Å². The molecule has 5 aromatic carbocycles. The number of allylic oxidation sites excluding steroid dienone is 1. The molecule has 176 valence electrons. The fraction of sp³-hybridized carbons (Fsp3) is 0.0556. The topological polar surface area (TPSA) is 15.8 Å². The Bertz CT molecular complexity index is 1680. The number of para-hydroxylation sites is 1. The van der Waals surface area contributed by atoms with Gasteiger partial charge in [-0.15, -0.1) is 0 Å². The number of fused-ring (bicyclic) bond motifs is 2. The quantitative estimate of drug-likeness (QED) is 0.241. The van der Waals surface area contributed by atoms with Crippen molar-refractivity contribution in [2.24, 2.45) is 0 Å². The van der Waals surface area contributed by atoms with E-state index in [9.17, 15) is 0 Å². The van der Waals surface area contributed by atoms with E-state index in [-0.39, 0.29) is 5.92 Å². The molecule has 1 heteroatoms. The Labute approximate surface area is 217 Å². The first-order valence-corrected chi connectivity index (χ1v) is 12.9. The summed E-state index contributed by atoms with van der Waals surface area (Å²) in [5.74, 6) is 0.199. The fourth-order valence-corrected chi connectivity index (χ4v) is 6.32. The van der Waals surface area contributed by atoms with Crippen molar-refractivity contribution in [2.75, 3.05) is 0 Å². The Morgan fingerprint density at radius 3 is 1.86 bits per heavy atom. The summed E-state index contributed by atoms with van der Waals surface area (Å²) in [7, 11) is 0. The second-order valence-corrected chi connectivity index (χ2v) is 9.78. The summed E-state index contributed by atoms with van der Waals surface area (Å²) in [5.41, 5.74) is 9.74. The van der Waals surface area contributed by atoms with Gasteiger partial charge < -0.3 is 4.98 Å². The van der Waals surface area contributed by atoms with Crippen LogP contribution in [0.2, 0.25) is 0 Å². The van der Waals surface area contributed by atoms with Crippen LogP contribution in [0.4, 0.5) is 0 Å². The highest BCUT2D eigenvalue weighted by molar-refractivity contribution is 5.87. The first-order chi connectivity index (χ1) is 18.4. The zero-order valence-electron chi connectivity index (χ0n) is 20.5. The normalized spacial score (nSPS) is 14.6. The Morgan fingerprint density at radius 1 is 0.514 bits per heavy atom. The highest BCUT2D eigenvalue weighted by Crippen LogP contribution is 2.51. The number of hydrogen-bond acceptors (Lipinski definition) is 0. The Balaban J connectivity index is 1.62. The molecule has 7 rings (SSSR count). The van der Waals surface area contributed by atoms with E-state index in [4.69, 9.17) is 0 Å². The van der Waals surface area contributed by atoms with Crippen molar-refractivity contribution >= 4 is 17.0 Å². The molecule has 0 saturated heterocycles. The van der Waals surface area contributed by atoms with E-state index in [2.05, 4.69) is 157 Å². The summed E-state index contributed by atoms with van der Waals surface area (Å²) < 4.78 is 0. The van der Waals surface area contributed by atoms with E-state index < -0.39 is 5.41 Å². The molecular formula is C36H27N. The zero-order chi connectivity index (χ0) is 24.7. The van der Waals surface area contributed by atoms with Crippen LogP contribution in [-0.4, -0.2) is 4.98 Å². The molecule has 0 spiro atoms. The lowest BCUT2D eigenvalue weighted by atomic mass is 9.63. The van der Waals surface area contributed by atoms with Gasteiger partial charge in [0.05, 0.1) is 5.41 Å². The van der Waals surface area contributed by atoms with Gasteiger partial charge >= 0.3 is 0 Å². The van der Waals surface area contributed by atoms with Crippen LogP contribution in [0.1, 0.15) is 44.9 Å². The summed E-state index contributed by atoms with van der Waals surface area (Å²) in [6.07, 6.45) is 6.86. The van der Waals surface area contributed by atoms with Crippen LogP contribution in [0.5, 0.6) is 0 Å². The minimum atomic E-state index is -0.510. The monoisotopic (exact) mass is 473 g/mol. The average Bonchev–Trinajstić information content (AvgIpc) is 3.60. The van der Waals surface area contributed by atoms with E-state index in [0.717, 1.165) is 5.52 Å². The van der Waals surface area contributed by atoms with Gasteiger partial charge in [0.2, 0.25) is 0 Å². The summed E-state index contributed by atoms with van der Waals surface area (Å²) >= 11 is 0. The highest BCUT2D eigenvalue weighted by Gasteiger charge is 2.42. The van der Waals surface area contributed by atoms with Crippen molar-refractivity contribution in [3.8, 4) is 0 Å². The Morgan fingerprint density at radius 2 is 1.11 bits per heavy atom. The number of aromatic nitrogens is 1. The summed E-state index contributed by atoms with van der Waals surface area (Å²) in [5, 5.41) is 1.24. The SMILES string of the molecule is C1=CC(c2ccccc2C(c2ccccc2)(c2ccccc2)c2c[nH]c3ccccc23)c2ccccc21. The number of nitrogens with one attached hydrogen (secondary N) is 1.